The molecule has 1 aliphatic rings. The van der Waals surface area contributed by atoms with Crippen molar-refractivity contribution >= 4 is 5.97 Å². The maximum atomic E-state index is 11.3. The third kappa shape index (κ3) is 4.97. The maximum absolute atomic E-state index is 11.3. The summed E-state index contributed by atoms with van der Waals surface area (Å²) in [5, 5.41) is 1.96. The molecule has 3 nitrogen and oxygen atoms in total. The number of nitrogens with zero attached hydrogens (tertiary/aromatic N) is 1. The fraction of sp³-hybridized carbons (Fsp3) is 0.933. The van der Waals surface area contributed by atoms with Gasteiger partial charge in [0.05, 0.1) is 12.1 Å². The summed E-state index contributed by atoms with van der Waals surface area (Å²) >= 11 is 0. The smallest absolute Gasteiger partial charge is 0.324 e. The van der Waals surface area contributed by atoms with Gasteiger partial charge in [0.2, 0.25) is 0 Å². The van der Waals surface area contributed by atoms with Crippen molar-refractivity contribution in [3.05, 3.63) is 0 Å². The molecular formula is C15H29NO2. The summed E-state index contributed by atoms with van der Waals surface area (Å²) in [5.41, 5.74) is 0. The molecular weight excluding hydrogens is 226 g/mol. The van der Waals surface area contributed by atoms with E-state index >= 15 is 0 Å². The Morgan fingerprint density at radius 3 is 1.83 bits per heavy atom. The van der Waals surface area contributed by atoms with Gasteiger partial charge in [-0.25, -0.2) is 0 Å². The number of carbonyl (C=O) groups is 1. The van der Waals surface area contributed by atoms with Gasteiger partial charge >= 0.3 is 5.97 Å². The number of rotatable bonds is 10. The third-order valence-electron chi connectivity index (χ3n) is 3.71. The van der Waals surface area contributed by atoms with E-state index in [-0.39, 0.29) is 5.97 Å². The normalized spacial score (nSPS) is 26.1. The minimum atomic E-state index is -0.0894. The number of hydroxylamine groups is 2. The van der Waals surface area contributed by atoms with Crippen LogP contribution in [0.1, 0.15) is 78.6 Å². The molecule has 3 heteroatoms. The first-order valence-corrected chi connectivity index (χ1v) is 7.73. The van der Waals surface area contributed by atoms with Crippen LogP contribution in [0.2, 0.25) is 0 Å². The summed E-state index contributed by atoms with van der Waals surface area (Å²) in [5.74, 6) is -0.0894. The average Bonchev–Trinajstić information content (AvgIpc) is 3.02. The van der Waals surface area contributed by atoms with E-state index in [1.165, 1.54) is 51.4 Å². The third-order valence-corrected chi connectivity index (χ3v) is 3.71. The van der Waals surface area contributed by atoms with Crippen LogP contribution in [0, 0.1) is 0 Å². The van der Waals surface area contributed by atoms with Gasteiger partial charge in [-0.15, -0.1) is 5.06 Å². The Morgan fingerprint density at radius 2 is 1.44 bits per heavy atom. The van der Waals surface area contributed by atoms with Crippen molar-refractivity contribution in [1.29, 1.82) is 0 Å². The van der Waals surface area contributed by atoms with Crippen LogP contribution >= 0.6 is 0 Å². The van der Waals surface area contributed by atoms with Gasteiger partial charge in [-0.3, -0.25) is 4.79 Å². The van der Waals surface area contributed by atoms with Crippen molar-refractivity contribution in [2.45, 2.75) is 90.6 Å². The van der Waals surface area contributed by atoms with Crippen LogP contribution in [0.25, 0.3) is 0 Å². The number of carbonyl (C=O) groups excluding carboxylic acids is 1. The van der Waals surface area contributed by atoms with Gasteiger partial charge in [0.1, 0.15) is 0 Å². The lowest BCUT2D eigenvalue weighted by atomic mass is 10.1. The predicted molar refractivity (Wildman–Crippen MR) is 74.1 cm³/mol. The minimum absolute atomic E-state index is 0.0894. The zero-order valence-corrected chi connectivity index (χ0v) is 12.3. The Balaban J connectivity index is 2.28. The summed E-state index contributed by atoms with van der Waals surface area (Å²) in [6, 6.07) is 1.01. The molecule has 1 saturated heterocycles. The number of unbranched alkanes of at least 4 members (excludes halogenated alkanes) is 4. The van der Waals surface area contributed by atoms with E-state index in [4.69, 9.17) is 4.84 Å². The monoisotopic (exact) mass is 255 g/mol. The molecule has 106 valence electrons. The molecule has 0 aliphatic carbocycles. The van der Waals surface area contributed by atoms with Crippen molar-refractivity contribution in [1.82, 2.24) is 5.06 Å². The van der Waals surface area contributed by atoms with E-state index in [2.05, 4.69) is 13.8 Å². The van der Waals surface area contributed by atoms with Gasteiger partial charge < -0.3 is 4.84 Å². The summed E-state index contributed by atoms with van der Waals surface area (Å²) < 4.78 is 0. The van der Waals surface area contributed by atoms with E-state index < -0.39 is 0 Å². The second-order valence-corrected chi connectivity index (χ2v) is 5.30. The van der Waals surface area contributed by atoms with Crippen LogP contribution in [0.3, 0.4) is 0 Å². The van der Waals surface area contributed by atoms with Crippen LogP contribution in [0.5, 0.6) is 0 Å². The summed E-state index contributed by atoms with van der Waals surface area (Å²) in [6.45, 7) is 6.30. The highest BCUT2D eigenvalue weighted by Gasteiger charge is 2.49. The second kappa shape index (κ2) is 8.52. The number of hydrogen-bond acceptors (Lipinski definition) is 3. The molecule has 0 N–H and O–H groups in total. The molecule has 0 bridgehead atoms. The quantitative estimate of drug-likeness (QED) is 0.435. The van der Waals surface area contributed by atoms with Crippen molar-refractivity contribution in [3.63, 3.8) is 0 Å². The van der Waals surface area contributed by atoms with E-state index in [0.717, 1.165) is 0 Å². The Hall–Kier alpha value is -0.570. The molecule has 2 unspecified atom stereocenters. The van der Waals surface area contributed by atoms with E-state index in [9.17, 15) is 4.79 Å². The standard InChI is InChI=1S/C15H29NO2/c1-4-7-9-11-13-14(12-10-8-5-2)16(13)18-15(17)6-3/h13-14H,4-12H2,1-3H3. The highest BCUT2D eigenvalue weighted by Crippen LogP contribution is 2.36. The lowest BCUT2D eigenvalue weighted by Crippen LogP contribution is -2.11. The molecule has 2 atom stereocenters. The highest BCUT2D eigenvalue weighted by molar-refractivity contribution is 5.68. The van der Waals surface area contributed by atoms with Crippen molar-refractivity contribution in [3.8, 4) is 0 Å². The fourth-order valence-corrected chi connectivity index (χ4v) is 2.47. The van der Waals surface area contributed by atoms with Crippen LogP contribution < -0.4 is 0 Å². The molecule has 0 aromatic heterocycles. The molecule has 1 fully saturated rings. The molecule has 0 saturated carbocycles. The van der Waals surface area contributed by atoms with Crippen LogP contribution in [-0.4, -0.2) is 23.1 Å². The van der Waals surface area contributed by atoms with E-state index in [0.29, 0.717) is 18.5 Å². The zero-order chi connectivity index (χ0) is 13.4. The van der Waals surface area contributed by atoms with Crippen molar-refractivity contribution in [2.24, 2.45) is 0 Å². The Labute approximate surface area is 112 Å². The van der Waals surface area contributed by atoms with Gasteiger partial charge in [-0.2, -0.15) is 0 Å². The second-order valence-electron chi connectivity index (χ2n) is 5.30. The van der Waals surface area contributed by atoms with Crippen molar-refractivity contribution in [2.75, 3.05) is 0 Å². The minimum Gasteiger partial charge on any atom is -0.367 e. The van der Waals surface area contributed by atoms with E-state index in [1.54, 1.807) is 0 Å². The molecule has 1 rings (SSSR count). The van der Waals surface area contributed by atoms with Gasteiger partial charge in [-0.1, -0.05) is 59.3 Å². The molecule has 0 aromatic rings. The van der Waals surface area contributed by atoms with Gasteiger partial charge in [0.25, 0.3) is 0 Å². The lowest BCUT2D eigenvalue weighted by molar-refractivity contribution is -0.169. The predicted octanol–water partition coefficient (Wildman–Crippen LogP) is 4.07. The number of hydrogen-bond donors (Lipinski definition) is 0. The van der Waals surface area contributed by atoms with Gasteiger partial charge in [-0.05, 0) is 12.8 Å². The summed E-state index contributed by atoms with van der Waals surface area (Å²) in [7, 11) is 0. The summed E-state index contributed by atoms with van der Waals surface area (Å²) in [6.07, 6.45) is 10.4. The van der Waals surface area contributed by atoms with Crippen molar-refractivity contribution < 1.29 is 9.63 Å². The Kier molecular flexibility index (Phi) is 7.33. The Bertz CT molecular complexity index is 227. The largest absolute Gasteiger partial charge is 0.367 e. The first kappa shape index (κ1) is 15.5. The Morgan fingerprint density at radius 1 is 0.944 bits per heavy atom. The molecule has 0 radical (unpaired) electrons. The first-order valence-electron chi connectivity index (χ1n) is 7.73. The average molecular weight is 255 g/mol. The van der Waals surface area contributed by atoms with Gasteiger partial charge in [0.15, 0.2) is 0 Å². The fourth-order valence-electron chi connectivity index (χ4n) is 2.47. The van der Waals surface area contributed by atoms with Crippen LogP contribution in [0.15, 0.2) is 0 Å². The lowest BCUT2D eigenvalue weighted by Gasteiger charge is -2.04. The maximum Gasteiger partial charge on any atom is 0.324 e. The zero-order valence-electron chi connectivity index (χ0n) is 12.3. The highest BCUT2D eigenvalue weighted by atomic mass is 16.7. The van der Waals surface area contributed by atoms with Crippen LogP contribution in [0.4, 0.5) is 0 Å². The SMILES string of the molecule is CCCCCC1C(CCCCC)N1OC(=O)CC. The van der Waals surface area contributed by atoms with Gasteiger partial charge in [0, 0.05) is 6.42 Å². The molecule has 0 aromatic carbocycles. The topological polar surface area (TPSA) is 29.3 Å². The molecule has 18 heavy (non-hydrogen) atoms. The molecule has 0 spiro atoms. The van der Waals surface area contributed by atoms with E-state index in [1.807, 2.05) is 12.0 Å². The molecule has 1 heterocycles. The summed E-state index contributed by atoms with van der Waals surface area (Å²) in [4.78, 5) is 16.7. The van der Waals surface area contributed by atoms with Crippen LogP contribution in [-0.2, 0) is 9.63 Å². The molecule has 1 aliphatic heterocycles. The first-order chi connectivity index (χ1) is 8.74. The molecule has 0 amide bonds.